The van der Waals surface area contributed by atoms with Crippen molar-refractivity contribution in [2.24, 2.45) is 0 Å². The summed E-state index contributed by atoms with van der Waals surface area (Å²) in [6, 6.07) is 7.44. The lowest BCUT2D eigenvalue weighted by Crippen LogP contribution is -2.38. The Morgan fingerprint density at radius 2 is 1.96 bits per heavy atom. The van der Waals surface area contributed by atoms with E-state index >= 15 is 0 Å². The molecule has 0 bridgehead atoms. The molecular formula is C18H21N3O3. The Labute approximate surface area is 141 Å². The second kappa shape index (κ2) is 7.29. The quantitative estimate of drug-likeness (QED) is 0.864. The zero-order chi connectivity index (χ0) is 16.9. The smallest absolute Gasteiger partial charge is 0.241 e. The van der Waals surface area contributed by atoms with Crippen molar-refractivity contribution in [3.8, 4) is 17.4 Å². The number of ether oxygens (including phenoxy) is 2. The van der Waals surface area contributed by atoms with Crippen molar-refractivity contribution in [2.45, 2.75) is 25.7 Å². The topological polar surface area (TPSA) is 64.6 Å². The molecule has 0 saturated carbocycles. The van der Waals surface area contributed by atoms with E-state index in [9.17, 15) is 4.79 Å². The summed E-state index contributed by atoms with van der Waals surface area (Å²) in [4.78, 5) is 22.4. The van der Waals surface area contributed by atoms with Crippen molar-refractivity contribution in [1.82, 2.24) is 14.9 Å². The highest BCUT2D eigenvalue weighted by atomic mass is 16.5. The maximum atomic E-state index is 11.7. The minimum Gasteiger partial charge on any atom is -0.493 e. The van der Waals surface area contributed by atoms with Gasteiger partial charge in [-0.15, -0.1) is 0 Å². The van der Waals surface area contributed by atoms with Crippen LogP contribution in [0.15, 0.2) is 36.7 Å². The van der Waals surface area contributed by atoms with Crippen LogP contribution in [0.2, 0.25) is 0 Å². The molecule has 1 aliphatic heterocycles. The van der Waals surface area contributed by atoms with Crippen LogP contribution in [0, 0.1) is 0 Å². The van der Waals surface area contributed by atoms with Crippen molar-refractivity contribution in [3.05, 3.63) is 42.4 Å². The van der Waals surface area contributed by atoms with Crippen LogP contribution in [-0.4, -0.2) is 41.0 Å². The van der Waals surface area contributed by atoms with E-state index in [1.54, 1.807) is 26.4 Å². The first-order valence-corrected chi connectivity index (χ1v) is 8.06. The van der Waals surface area contributed by atoms with Crippen LogP contribution in [0.5, 0.6) is 17.4 Å². The van der Waals surface area contributed by atoms with Gasteiger partial charge >= 0.3 is 0 Å². The molecule has 2 aromatic rings. The summed E-state index contributed by atoms with van der Waals surface area (Å²) in [5, 5.41) is 0. The Bertz CT molecular complexity index is 720. The van der Waals surface area contributed by atoms with Crippen LogP contribution in [0.3, 0.4) is 0 Å². The summed E-state index contributed by atoms with van der Waals surface area (Å²) in [5.41, 5.74) is 0.786. The molecule has 0 aliphatic carbocycles. The number of aromatic nitrogens is 2. The fourth-order valence-corrected chi connectivity index (χ4v) is 2.99. The summed E-state index contributed by atoms with van der Waals surface area (Å²) in [6.07, 6.45) is 5.19. The standard InChI is InChI=1S/C18H21N3O3/c1-13(22)21-11-5-6-14(12-21)17-18(20-10-9-19-17)24-16-8-4-3-7-15(16)23-2/h3-4,7-10,14H,5-6,11-12H2,1-2H3/t14-/m1/s1. The van der Waals surface area contributed by atoms with E-state index in [0.717, 1.165) is 25.1 Å². The van der Waals surface area contributed by atoms with E-state index in [1.807, 2.05) is 29.2 Å². The number of methoxy groups -OCH3 is 1. The summed E-state index contributed by atoms with van der Waals surface area (Å²) in [5.74, 6) is 1.93. The van der Waals surface area contributed by atoms with Gasteiger partial charge in [-0.25, -0.2) is 4.98 Å². The van der Waals surface area contributed by atoms with E-state index < -0.39 is 0 Å². The van der Waals surface area contributed by atoms with Crippen LogP contribution >= 0.6 is 0 Å². The maximum Gasteiger partial charge on any atom is 0.241 e. The van der Waals surface area contributed by atoms with Gasteiger partial charge in [0.2, 0.25) is 11.8 Å². The molecule has 126 valence electrons. The van der Waals surface area contributed by atoms with Gasteiger partial charge in [-0.3, -0.25) is 9.78 Å². The van der Waals surface area contributed by atoms with Crippen LogP contribution < -0.4 is 9.47 Å². The lowest BCUT2D eigenvalue weighted by Gasteiger charge is -2.32. The van der Waals surface area contributed by atoms with Crippen LogP contribution in [-0.2, 0) is 4.79 Å². The molecule has 1 atom stereocenters. The Morgan fingerprint density at radius 1 is 1.21 bits per heavy atom. The first kappa shape index (κ1) is 16.2. The van der Waals surface area contributed by atoms with Gasteiger partial charge in [0.15, 0.2) is 11.5 Å². The number of carbonyl (C=O) groups is 1. The highest BCUT2D eigenvalue weighted by Gasteiger charge is 2.27. The number of likely N-dealkylation sites (tertiary alicyclic amines) is 1. The Morgan fingerprint density at radius 3 is 2.71 bits per heavy atom. The number of carbonyl (C=O) groups excluding carboxylic acids is 1. The number of para-hydroxylation sites is 2. The van der Waals surface area contributed by atoms with Gasteiger partial charge in [-0.05, 0) is 25.0 Å². The molecule has 24 heavy (non-hydrogen) atoms. The van der Waals surface area contributed by atoms with Crippen LogP contribution in [0.25, 0.3) is 0 Å². The number of hydrogen-bond donors (Lipinski definition) is 0. The second-order valence-corrected chi connectivity index (χ2v) is 5.80. The van der Waals surface area contributed by atoms with Crippen molar-refractivity contribution in [1.29, 1.82) is 0 Å². The number of nitrogens with zero attached hydrogens (tertiary/aromatic N) is 3. The van der Waals surface area contributed by atoms with Crippen molar-refractivity contribution in [3.63, 3.8) is 0 Å². The first-order valence-electron chi connectivity index (χ1n) is 8.06. The maximum absolute atomic E-state index is 11.7. The molecule has 0 N–H and O–H groups in total. The SMILES string of the molecule is COc1ccccc1Oc1nccnc1[C@@H]1CCCN(C(C)=O)C1. The molecule has 1 saturated heterocycles. The number of rotatable bonds is 4. The Hall–Kier alpha value is -2.63. The molecule has 0 unspecified atom stereocenters. The van der Waals surface area contributed by atoms with Gasteiger partial charge in [0, 0.05) is 38.3 Å². The third-order valence-corrected chi connectivity index (χ3v) is 4.22. The number of hydrogen-bond acceptors (Lipinski definition) is 5. The molecular weight excluding hydrogens is 306 g/mol. The second-order valence-electron chi connectivity index (χ2n) is 5.80. The lowest BCUT2D eigenvalue weighted by molar-refractivity contribution is -0.130. The van der Waals surface area contributed by atoms with Gasteiger partial charge < -0.3 is 14.4 Å². The van der Waals surface area contributed by atoms with E-state index in [-0.39, 0.29) is 11.8 Å². The van der Waals surface area contributed by atoms with E-state index in [2.05, 4.69) is 9.97 Å². The van der Waals surface area contributed by atoms with Crippen molar-refractivity contribution < 1.29 is 14.3 Å². The zero-order valence-corrected chi connectivity index (χ0v) is 13.9. The van der Waals surface area contributed by atoms with Gasteiger partial charge in [0.25, 0.3) is 0 Å². The molecule has 0 radical (unpaired) electrons. The largest absolute Gasteiger partial charge is 0.493 e. The van der Waals surface area contributed by atoms with Crippen molar-refractivity contribution >= 4 is 5.91 Å². The van der Waals surface area contributed by atoms with E-state index in [4.69, 9.17) is 9.47 Å². The summed E-state index contributed by atoms with van der Waals surface area (Å²) in [7, 11) is 1.60. The zero-order valence-electron chi connectivity index (χ0n) is 13.9. The highest BCUT2D eigenvalue weighted by molar-refractivity contribution is 5.73. The first-order chi connectivity index (χ1) is 11.7. The molecule has 1 fully saturated rings. The fraction of sp³-hybridized carbons (Fsp3) is 0.389. The van der Waals surface area contributed by atoms with E-state index in [1.165, 1.54) is 0 Å². The fourth-order valence-electron chi connectivity index (χ4n) is 2.99. The van der Waals surface area contributed by atoms with Gasteiger partial charge in [0.1, 0.15) is 5.69 Å². The molecule has 2 heterocycles. The third-order valence-electron chi connectivity index (χ3n) is 4.22. The monoisotopic (exact) mass is 327 g/mol. The van der Waals surface area contributed by atoms with Gasteiger partial charge in [0.05, 0.1) is 7.11 Å². The van der Waals surface area contributed by atoms with E-state index in [0.29, 0.717) is 23.9 Å². The molecule has 0 spiro atoms. The molecule has 6 heteroatoms. The average molecular weight is 327 g/mol. The molecule has 1 aromatic carbocycles. The molecule has 3 rings (SSSR count). The lowest BCUT2D eigenvalue weighted by atomic mass is 9.94. The van der Waals surface area contributed by atoms with Crippen LogP contribution in [0.1, 0.15) is 31.4 Å². The Balaban J connectivity index is 1.87. The summed E-state index contributed by atoms with van der Waals surface area (Å²) in [6.45, 7) is 3.05. The molecule has 1 amide bonds. The number of piperidine rings is 1. The average Bonchev–Trinajstić information content (AvgIpc) is 2.63. The third kappa shape index (κ3) is 3.48. The molecule has 1 aliphatic rings. The number of benzene rings is 1. The van der Waals surface area contributed by atoms with Crippen LogP contribution in [0.4, 0.5) is 0 Å². The number of amides is 1. The molecule has 6 nitrogen and oxygen atoms in total. The predicted octanol–water partition coefficient (Wildman–Crippen LogP) is 3.00. The summed E-state index contributed by atoms with van der Waals surface area (Å²) < 4.78 is 11.3. The molecule has 1 aromatic heterocycles. The highest BCUT2D eigenvalue weighted by Crippen LogP contribution is 2.35. The minimum absolute atomic E-state index is 0.0933. The van der Waals surface area contributed by atoms with Gasteiger partial charge in [-0.1, -0.05) is 12.1 Å². The summed E-state index contributed by atoms with van der Waals surface area (Å²) >= 11 is 0. The van der Waals surface area contributed by atoms with Crippen molar-refractivity contribution in [2.75, 3.05) is 20.2 Å². The minimum atomic E-state index is 0.0933. The van der Waals surface area contributed by atoms with Gasteiger partial charge in [-0.2, -0.15) is 0 Å². The normalized spacial score (nSPS) is 17.4. The Kier molecular flexibility index (Phi) is 4.93. The predicted molar refractivity (Wildman–Crippen MR) is 89.3 cm³/mol.